The fraction of sp³-hybridized carbons (Fsp3) is 0.471. The topological polar surface area (TPSA) is 40.5 Å². The molecule has 112 valence electrons. The lowest BCUT2D eigenvalue weighted by molar-refractivity contribution is -0.131. The van der Waals surface area contributed by atoms with E-state index in [2.05, 4.69) is 4.90 Å². The number of hydrogen-bond donors (Lipinski definition) is 1. The summed E-state index contributed by atoms with van der Waals surface area (Å²) < 4.78 is 13.8. The highest BCUT2D eigenvalue weighted by molar-refractivity contribution is 5.85. The molecule has 0 radical (unpaired) electrons. The number of nitrogens with zero attached hydrogens (tertiary/aromatic N) is 1. The van der Waals surface area contributed by atoms with Crippen molar-refractivity contribution in [2.75, 3.05) is 11.4 Å². The first-order valence-electron chi connectivity index (χ1n) is 7.62. The van der Waals surface area contributed by atoms with Crippen molar-refractivity contribution in [1.29, 1.82) is 0 Å². The van der Waals surface area contributed by atoms with Gasteiger partial charge in [-0.1, -0.05) is 6.42 Å². The van der Waals surface area contributed by atoms with Gasteiger partial charge in [-0.2, -0.15) is 0 Å². The van der Waals surface area contributed by atoms with Crippen LogP contribution in [0.5, 0.6) is 0 Å². The minimum Gasteiger partial charge on any atom is -0.478 e. The van der Waals surface area contributed by atoms with E-state index in [1.165, 1.54) is 37.8 Å². The maximum Gasteiger partial charge on any atom is 0.328 e. The number of rotatable bonds is 3. The molecule has 3 rings (SSSR count). The standard InChI is InChI=1S/C17H20FNO2/c18-14-9-12(6-7-17(20)21)10-15(11-14)19-8-2-4-13-3-1-5-16(13)19/h6-7,9-11,13,16H,1-5,8H2,(H,20,21)/b7-6+. The number of carboxylic acid groups (broad SMARTS) is 1. The average molecular weight is 289 g/mol. The van der Waals surface area contributed by atoms with Crippen LogP contribution in [0, 0.1) is 11.7 Å². The Kier molecular flexibility index (Phi) is 3.95. The fourth-order valence-corrected chi connectivity index (χ4v) is 3.80. The van der Waals surface area contributed by atoms with Crippen LogP contribution in [-0.2, 0) is 4.79 Å². The molecule has 0 spiro atoms. The molecular weight excluding hydrogens is 269 g/mol. The second kappa shape index (κ2) is 5.88. The van der Waals surface area contributed by atoms with Gasteiger partial charge in [0.25, 0.3) is 0 Å². The molecule has 2 fully saturated rings. The van der Waals surface area contributed by atoms with Gasteiger partial charge in [-0.3, -0.25) is 0 Å². The Morgan fingerprint density at radius 2 is 2.05 bits per heavy atom. The molecule has 1 aromatic carbocycles. The number of benzene rings is 1. The van der Waals surface area contributed by atoms with Crippen LogP contribution in [0.2, 0.25) is 0 Å². The molecule has 1 heterocycles. The summed E-state index contributed by atoms with van der Waals surface area (Å²) in [5.74, 6) is -0.590. The molecule has 1 aliphatic carbocycles. The molecule has 0 amide bonds. The highest BCUT2D eigenvalue weighted by Crippen LogP contribution is 2.39. The Hall–Kier alpha value is -1.84. The second-order valence-electron chi connectivity index (χ2n) is 6.01. The van der Waals surface area contributed by atoms with Crippen LogP contribution in [0.25, 0.3) is 6.08 Å². The highest BCUT2D eigenvalue weighted by atomic mass is 19.1. The zero-order valence-electron chi connectivity index (χ0n) is 12.0. The van der Waals surface area contributed by atoms with E-state index < -0.39 is 5.97 Å². The quantitative estimate of drug-likeness (QED) is 0.863. The Labute approximate surface area is 124 Å². The molecule has 0 aromatic heterocycles. The molecule has 1 aromatic rings. The van der Waals surface area contributed by atoms with Crippen LogP contribution in [0.3, 0.4) is 0 Å². The van der Waals surface area contributed by atoms with Gasteiger partial charge in [0, 0.05) is 24.4 Å². The van der Waals surface area contributed by atoms with Crippen LogP contribution in [0.15, 0.2) is 24.3 Å². The van der Waals surface area contributed by atoms with Crippen LogP contribution in [0.1, 0.15) is 37.7 Å². The molecule has 4 heteroatoms. The fourth-order valence-electron chi connectivity index (χ4n) is 3.80. The number of fused-ring (bicyclic) bond motifs is 1. The third-order valence-corrected chi connectivity index (χ3v) is 4.65. The zero-order valence-corrected chi connectivity index (χ0v) is 12.0. The maximum absolute atomic E-state index is 13.8. The van der Waals surface area contributed by atoms with E-state index in [9.17, 15) is 9.18 Å². The predicted octanol–water partition coefficient (Wildman–Crippen LogP) is 3.69. The summed E-state index contributed by atoms with van der Waals surface area (Å²) in [7, 11) is 0. The summed E-state index contributed by atoms with van der Waals surface area (Å²) in [6.07, 6.45) is 8.65. The van der Waals surface area contributed by atoms with E-state index in [0.717, 1.165) is 30.6 Å². The number of halogens is 1. The Morgan fingerprint density at radius 3 is 2.86 bits per heavy atom. The molecule has 0 bridgehead atoms. The molecule has 1 N–H and O–H groups in total. The number of carbonyl (C=O) groups is 1. The van der Waals surface area contributed by atoms with Gasteiger partial charge in [-0.15, -0.1) is 0 Å². The summed E-state index contributed by atoms with van der Waals surface area (Å²) in [5.41, 5.74) is 1.49. The van der Waals surface area contributed by atoms with Gasteiger partial charge in [0.05, 0.1) is 0 Å². The molecule has 2 aliphatic rings. The van der Waals surface area contributed by atoms with Crippen LogP contribution >= 0.6 is 0 Å². The van der Waals surface area contributed by atoms with Crippen molar-refractivity contribution in [1.82, 2.24) is 0 Å². The number of hydrogen-bond acceptors (Lipinski definition) is 2. The smallest absolute Gasteiger partial charge is 0.328 e. The normalized spacial score (nSPS) is 25.3. The van der Waals surface area contributed by atoms with Crippen molar-refractivity contribution < 1.29 is 14.3 Å². The van der Waals surface area contributed by atoms with Crippen molar-refractivity contribution >= 4 is 17.7 Å². The van der Waals surface area contributed by atoms with Crippen LogP contribution in [-0.4, -0.2) is 23.7 Å². The SMILES string of the molecule is O=C(O)/C=C/c1cc(F)cc(N2CCCC3CCCC32)c1. The predicted molar refractivity (Wildman–Crippen MR) is 80.8 cm³/mol. The van der Waals surface area contributed by atoms with Crippen molar-refractivity contribution in [2.45, 2.75) is 38.1 Å². The number of piperidine rings is 1. The number of aliphatic carboxylic acids is 1. The third kappa shape index (κ3) is 3.09. The summed E-state index contributed by atoms with van der Waals surface area (Å²) in [5, 5.41) is 8.69. The van der Waals surface area contributed by atoms with E-state index in [0.29, 0.717) is 11.6 Å². The minimum atomic E-state index is -1.02. The van der Waals surface area contributed by atoms with Crippen molar-refractivity contribution in [3.8, 4) is 0 Å². The summed E-state index contributed by atoms with van der Waals surface area (Å²) in [6, 6.07) is 5.36. The average Bonchev–Trinajstić information content (AvgIpc) is 2.92. The van der Waals surface area contributed by atoms with E-state index in [1.807, 2.05) is 6.07 Å². The third-order valence-electron chi connectivity index (χ3n) is 4.65. The molecular formula is C17H20FNO2. The van der Waals surface area contributed by atoms with Gasteiger partial charge >= 0.3 is 5.97 Å². The molecule has 1 saturated carbocycles. The zero-order chi connectivity index (χ0) is 14.8. The first kappa shape index (κ1) is 14.1. The van der Waals surface area contributed by atoms with Gasteiger partial charge in [-0.05, 0) is 61.4 Å². The Bertz CT molecular complexity index is 570. The molecule has 21 heavy (non-hydrogen) atoms. The molecule has 2 unspecified atom stereocenters. The molecule has 1 aliphatic heterocycles. The van der Waals surface area contributed by atoms with Crippen molar-refractivity contribution in [2.24, 2.45) is 5.92 Å². The van der Waals surface area contributed by atoms with Crippen molar-refractivity contribution in [3.63, 3.8) is 0 Å². The Balaban J connectivity index is 1.88. The summed E-state index contributed by atoms with van der Waals surface area (Å²) in [6.45, 7) is 0.965. The van der Waals surface area contributed by atoms with E-state index in [1.54, 1.807) is 6.07 Å². The molecule has 3 nitrogen and oxygen atoms in total. The number of anilines is 1. The van der Waals surface area contributed by atoms with Gasteiger partial charge in [0.1, 0.15) is 5.82 Å². The largest absolute Gasteiger partial charge is 0.478 e. The van der Waals surface area contributed by atoms with Gasteiger partial charge in [0.15, 0.2) is 0 Å². The summed E-state index contributed by atoms with van der Waals surface area (Å²) in [4.78, 5) is 12.9. The van der Waals surface area contributed by atoms with Gasteiger partial charge in [-0.25, -0.2) is 9.18 Å². The van der Waals surface area contributed by atoms with Gasteiger partial charge < -0.3 is 10.0 Å². The maximum atomic E-state index is 13.8. The lowest BCUT2D eigenvalue weighted by Crippen LogP contribution is -2.42. The van der Waals surface area contributed by atoms with Crippen LogP contribution in [0.4, 0.5) is 10.1 Å². The molecule has 2 atom stereocenters. The monoisotopic (exact) mass is 289 g/mol. The Morgan fingerprint density at radius 1 is 1.24 bits per heavy atom. The molecule has 1 saturated heterocycles. The number of carboxylic acids is 1. The van der Waals surface area contributed by atoms with E-state index in [-0.39, 0.29) is 5.82 Å². The highest BCUT2D eigenvalue weighted by Gasteiger charge is 2.35. The summed E-state index contributed by atoms with van der Waals surface area (Å²) >= 11 is 0. The van der Waals surface area contributed by atoms with Crippen LogP contribution < -0.4 is 4.90 Å². The first-order valence-corrected chi connectivity index (χ1v) is 7.62. The van der Waals surface area contributed by atoms with Gasteiger partial charge in [0.2, 0.25) is 0 Å². The second-order valence-corrected chi connectivity index (χ2v) is 6.01. The first-order chi connectivity index (χ1) is 10.1. The van der Waals surface area contributed by atoms with E-state index >= 15 is 0 Å². The lowest BCUT2D eigenvalue weighted by Gasteiger charge is -2.39. The minimum absolute atomic E-state index is 0.308. The lowest BCUT2D eigenvalue weighted by atomic mass is 9.91. The van der Waals surface area contributed by atoms with E-state index in [4.69, 9.17) is 5.11 Å². The van der Waals surface area contributed by atoms with Crippen molar-refractivity contribution in [3.05, 3.63) is 35.7 Å².